The molecular formula is C6H14ClF3O2Si2. The van der Waals surface area contributed by atoms with Gasteiger partial charge in [0.1, 0.15) is 0 Å². The fourth-order valence-electron chi connectivity index (χ4n) is 1.09. The van der Waals surface area contributed by atoms with Crippen molar-refractivity contribution in [3.63, 3.8) is 0 Å². The third-order valence-electron chi connectivity index (χ3n) is 1.82. The molecule has 0 aliphatic rings. The van der Waals surface area contributed by atoms with Crippen LogP contribution in [0.2, 0.25) is 12.6 Å². The van der Waals surface area contributed by atoms with E-state index in [1.54, 1.807) is 6.55 Å². The predicted octanol–water partition coefficient (Wildman–Crippen LogP) is 2.34. The van der Waals surface area contributed by atoms with Crippen molar-refractivity contribution < 1.29 is 22.0 Å². The standard InChI is InChI=1S/C6H14ClF3O2Si2/c1-11-13(12-2)14(3,7)5-4-6(8,9)10/h13H,4-5H2,1-3H3. The van der Waals surface area contributed by atoms with Crippen molar-refractivity contribution in [3.05, 3.63) is 0 Å². The van der Waals surface area contributed by atoms with E-state index in [0.29, 0.717) is 0 Å². The predicted molar refractivity (Wildman–Crippen MR) is 54.1 cm³/mol. The second-order valence-corrected chi connectivity index (χ2v) is 16.8. The molecule has 0 bridgehead atoms. The maximum Gasteiger partial charge on any atom is 0.388 e. The Morgan fingerprint density at radius 2 is 1.71 bits per heavy atom. The quantitative estimate of drug-likeness (QED) is 0.562. The van der Waals surface area contributed by atoms with Gasteiger partial charge in [0.05, 0.1) is 0 Å². The Balaban J connectivity index is 4.18. The van der Waals surface area contributed by atoms with E-state index in [1.165, 1.54) is 14.2 Å². The lowest BCUT2D eigenvalue weighted by molar-refractivity contribution is -0.130. The summed E-state index contributed by atoms with van der Waals surface area (Å²) >= 11 is 6.06. The lowest BCUT2D eigenvalue weighted by atomic mass is 10.5. The maximum atomic E-state index is 12.0. The molecule has 1 unspecified atom stereocenters. The number of hydrogen-bond acceptors (Lipinski definition) is 2. The van der Waals surface area contributed by atoms with Gasteiger partial charge < -0.3 is 8.85 Å². The first-order valence-electron chi connectivity index (χ1n) is 4.04. The second-order valence-electron chi connectivity index (χ2n) is 3.20. The van der Waals surface area contributed by atoms with Crippen molar-refractivity contribution in [2.75, 3.05) is 14.2 Å². The van der Waals surface area contributed by atoms with E-state index < -0.39 is 28.3 Å². The van der Waals surface area contributed by atoms with Crippen molar-refractivity contribution in [3.8, 4) is 0 Å². The van der Waals surface area contributed by atoms with Crippen LogP contribution < -0.4 is 0 Å². The summed E-state index contributed by atoms with van der Waals surface area (Å²) < 4.78 is 45.9. The maximum absolute atomic E-state index is 12.0. The van der Waals surface area contributed by atoms with Crippen molar-refractivity contribution in [2.45, 2.75) is 25.2 Å². The van der Waals surface area contributed by atoms with Gasteiger partial charge in [-0.2, -0.15) is 24.3 Å². The second kappa shape index (κ2) is 5.50. The average Bonchev–Trinajstić information content (AvgIpc) is 2.02. The van der Waals surface area contributed by atoms with Crippen LogP contribution in [0.1, 0.15) is 6.42 Å². The van der Waals surface area contributed by atoms with E-state index in [2.05, 4.69) is 0 Å². The Morgan fingerprint density at radius 1 is 1.29 bits per heavy atom. The van der Waals surface area contributed by atoms with Gasteiger partial charge in [-0.05, 0) is 6.04 Å². The zero-order valence-electron chi connectivity index (χ0n) is 8.32. The molecule has 0 aromatic heterocycles. The van der Waals surface area contributed by atoms with Crippen LogP contribution in [0.3, 0.4) is 0 Å². The number of halogens is 4. The first kappa shape index (κ1) is 14.4. The highest BCUT2D eigenvalue weighted by Gasteiger charge is 2.42. The third-order valence-corrected chi connectivity index (χ3v) is 12.3. The van der Waals surface area contributed by atoms with Gasteiger partial charge in [-0.3, -0.25) is 0 Å². The minimum absolute atomic E-state index is 0.0450. The molecule has 14 heavy (non-hydrogen) atoms. The summed E-state index contributed by atoms with van der Waals surface area (Å²) in [4.78, 5) is 0. The molecule has 0 aromatic rings. The molecule has 0 aromatic carbocycles. The fraction of sp³-hybridized carbons (Fsp3) is 1.00. The Morgan fingerprint density at radius 3 is 2.00 bits per heavy atom. The first-order valence-corrected chi connectivity index (χ1v) is 10.5. The molecule has 0 rings (SSSR count). The summed E-state index contributed by atoms with van der Waals surface area (Å²) in [5.41, 5.74) is 0. The summed E-state index contributed by atoms with van der Waals surface area (Å²) in [5.74, 6) is 0. The Bertz CT molecular complexity index is 173. The van der Waals surface area contributed by atoms with Crippen LogP contribution in [0.5, 0.6) is 0 Å². The molecule has 0 aliphatic heterocycles. The number of hydrogen-bond donors (Lipinski definition) is 0. The zero-order chi connectivity index (χ0) is 11.4. The van der Waals surface area contributed by atoms with Crippen molar-refractivity contribution in [2.24, 2.45) is 0 Å². The molecule has 0 amide bonds. The van der Waals surface area contributed by atoms with Gasteiger partial charge in [0, 0.05) is 20.6 Å². The number of rotatable bonds is 5. The van der Waals surface area contributed by atoms with E-state index in [0.717, 1.165) is 0 Å². The summed E-state index contributed by atoms with van der Waals surface area (Å²) in [7, 11) is 0.778. The van der Waals surface area contributed by atoms with Gasteiger partial charge in [0.15, 0.2) is 0 Å². The highest BCUT2D eigenvalue weighted by molar-refractivity contribution is 7.50. The molecule has 0 saturated carbocycles. The van der Waals surface area contributed by atoms with Crippen LogP contribution in [0.25, 0.3) is 0 Å². The van der Waals surface area contributed by atoms with E-state index in [4.69, 9.17) is 19.9 Å². The van der Waals surface area contributed by atoms with Gasteiger partial charge in [0.2, 0.25) is 6.90 Å². The lowest BCUT2D eigenvalue weighted by Gasteiger charge is -2.25. The fourth-order valence-corrected chi connectivity index (χ4v) is 9.25. The highest BCUT2D eigenvalue weighted by Crippen LogP contribution is 2.29. The highest BCUT2D eigenvalue weighted by atomic mass is 35.6. The van der Waals surface area contributed by atoms with Crippen LogP contribution in [0, 0.1) is 0 Å². The third kappa shape index (κ3) is 5.35. The first-order chi connectivity index (χ1) is 6.23. The van der Waals surface area contributed by atoms with Gasteiger partial charge in [-0.1, -0.05) is 6.55 Å². The molecule has 0 aliphatic carbocycles. The molecule has 8 heteroatoms. The molecule has 0 fully saturated rings. The minimum atomic E-state index is -4.15. The van der Waals surface area contributed by atoms with Crippen LogP contribution >= 0.6 is 11.1 Å². The minimum Gasteiger partial charge on any atom is -0.401 e. The van der Waals surface area contributed by atoms with Gasteiger partial charge in [-0.25, -0.2) is 0 Å². The summed E-state index contributed by atoms with van der Waals surface area (Å²) in [5, 5.41) is 0. The summed E-state index contributed by atoms with van der Waals surface area (Å²) in [6, 6.07) is -0.0450. The monoisotopic (exact) mass is 266 g/mol. The largest absolute Gasteiger partial charge is 0.401 e. The summed E-state index contributed by atoms with van der Waals surface area (Å²) in [6.07, 6.45) is -5.00. The molecule has 0 spiro atoms. The lowest BCUT2D eigenvalue weighted by Crippen LogP contribution is -2.47. The van der Waals surface area contributed by atoms with Crippen LogP contribution in [-0.2, 0) is 8.85 Å². The number of alkyl halides is 3. The van der Waals surface area contributed by atoms with Crippen LogP contribution in [0.4, 0.5) is 13.2 Å². The topological polar surface area (TPSA) is 18.5 Å². The molecule has 0 heterocycles. The van der Waals surface area contributed by atoms with E-state index in [1.807, 2.05) is 0 Å². The van der Waals surface area contributed by atoms with E-state index >= 15 is 0 Å². The SMILES string of the molecule is CO[SiH](OC)[Si](C)(Cl)CCC(F)(F)F. The normalized spacial score (nSPS) is 17.1. The Labute approximate surface area is 88.7 Å². The Hall–Kier alpha value is 0.434. The molecular weight excluding hydrogens is 253 g/mol. The smallest absolute Gasteiger partial charge is 0.388 e. The van der Waals surface area contributed by atoms with Gasteiger partial charge in [-0.15, -0.1) is 0 Å². The molecule has 1 atom stereocenters. The average molecular weight is 267 g/mol. The zero-order valence-corrected chi connectivity index (χ0v) is 11.2. The molecule has 86 valence electrons. The van der Waals surface area contributed by atoms with Crippen LogP contribution in [0.15, 0.2) is 0 Å². The molecule has 2 nitrogen and oxygen atoms in total. The van der Waals surface area contributed by atoms with Crippen LogP contribution in [-0.4, -0.2) is 36.1 Å². The van der Waals surface area contributed by atoms with Crippen molar-refractivity contribution >= 4 is 26.8 Å². The van der Waals surface area contributed by atoms with E-state index in [9.17, 15) is 13.2 Å². The van der Waals surface area contributed by atoms with Crippen molar-refractivity contribution in [1.29, 1.82) is 0 Å². The van der Waals surface area contributed by atoms with Gasteiger partial charge >= 0.3 is 15.0 Å². The van der Waals surface area contributed by atoms with Gasteiger partial charge in [0.25, 0.3) is 0 Å². The Kier molecular flexibility index (Phi) is 5.67. The molecule has 0 radical (unpaired) electrons. The summed E-state index contributed by atoms with van der Waals surface area (Å²) in [6.45, 7) is -0.839. The molecule has 0 N–H and O–H groups in total. The molecule has 0 saturated heterocycles. The van der Waals surface area contributed by atoms with E-state index in [-0.39, 0.29) is 6.04 Å². The van der Waals surface area contributed by atoms with Crippen molar-refractivity contribution in [1.82, 2.24) is 0 Å².